The Balaban J connectivity index is 4.38. The molecule has 0 aliphatic rings. The maximum absolute atomic E-state index is 6.18. The summed E-state index contributed by atoms with van der Waals surface area (Å²) in [5.41, 5.74) is 0. The quantitative estimate of drug-likeness (QED) is 0.144. The van der Waals surface area contributed by atoms with Gasteiger partial charge in [-0.25, -0.2) is 0 Å². The summed E-state index contributed by atoms with van der Waals surface area (Å²) in [6.07, 6.45) is 19.1. The molecule has 0 spiro atoms. The first-order chi connectivity index (χ1) is 13.5. The summed E-state index contributed by atoms with van der Waals surface area (Å²) >= 11 is 0. The Hall–Kier alpha value is -0.0551. The van der Waals surface area contributed by atoms with Crippen molar-refractivity contribution in [1.29, 1.82) is 0 Å². The zero-order valence-electron chi connectivity index (χ0n) is 20.1. The van der Waals surface area contributed by atoms with Crippen molar-refractivity contribution >= 4 is 7.32 Å². The number of rotatable bonds is 21. The van der Waals surface area contributed by atoms with Gasteiger partial charge >= 0.3 is 7.32 Å². The van der Waals surface area contributed by atoms with Gasteiger partial charge in [0.25, 0.3) is 0 Å². The molecule has 0 N–H and O–H groups in total. The van der Waals surface area contributed by atoms with Gasteiger partial charge in [0.15, 0.2) is 0 Å². The van der Waals surface area contributed by atoms with Gasteiger partial charge in [0.2, 0.25) is 0 Å². The van der Waals surface area contributed by atoms with Crippen LogP contribution < -0.4 is 0 Å². The van der Waals surface area contributed by atoms with E-state index < -0.39 is 7.32 Å². The fourth-order valence-electron chi connectivity index (χ4n) is 3.45. The number of hydrogen-bond acceptors (Lipinski definition) is 3. The predicted molar refractivity (Wildman–Crippen MR) is 124 cm³/mol. The highest BCUT2D eigenvalue weighted by Gasteiger charge is 2.28. The molecule has 28 heavy (non-hydrogen) atoms. The lowest BCUT2D eigenvalue weighted by Gasteiger charge is -2.25. The topological polar surface area (TPSA) is 27.7 Å². The second-order valence-electron chi connectivity index (χ2n) is 8.68. The highest BCUT2D eigenvalue weighted by molar-refractivity contribution is 6.36. The molecule has 0 aromatic heterocycles. The van der Waals surface area contributed by atoms with Gasteiger partial charge in [-0.15, -0.1) is 0 Å². The molecular formula is C24H51BO3. The van der Waals surface area contributed by atoms with Gasteiger partial charge in [-0.05, 0) is 40.0 Å². The highest BCUT2D eigenvalue weighted by atomic mass is 16.7. The van der Waals surface area contributed by atoms with Gasteiger partial charge in [0, 0.05) is 18.3 Å². The van der Waals surface area contributed by atoms with Crippen LogP contribution in [0, 0.1) is 0 Å². The van der Waals surface area contributed by atoms with E-state index in [2.05, 4.69) is 41.5 Å². The molecule has 0 rings (SSSR count). The molecule has 3 nitrogen and oxygen atoms in total. The van der Waals surface area contributed by atoms with Crippen molar-refractivity contribution in [2.75, 3.05) is 0 Å². The Morgan fingerprint density at radius 1 is 0.464 bits per heavy atom. The molecule has 0 unspecified atom stereocenters. The third-order valence-corrected chi connectivity index (χ3v) is 5.42. The lowest BCUT2D eigenvalue weighted by molar-refractivity contribution is 0.0133. The van der Waals surface area contributed by atoms with E-state index in [4.69, 9.17) is 14.0 Å². The summed E-state index contributed by atoms with van der Waals surface area (Å²) in [5.74, 6) is 0. The second-order valence-corrected chi connectivity index (χ2v) is 8.68. The zero-order valence-corrected chi connectivity index (χ0v) is 20.1. The maximum atomic E-state index is 6.18. The minimum absolute atomic E-state index is 0.182. The summed E-state index contributed by atoms with van der Waals surface area (Å²) in [6.45, 7) is 13.2. The minimum atomic E-state index is -0.525. The SMILES string of the molecule is CCCCCC[C@@H](C)OB(O[C@@H](C)CCCCCC)O[C@@H](C)CCCCCC. The molecule has 0 aromatic carbocycles. The van der Waals surface area contributed by atoms with E-state index in [1.54, 1.807) is 0 Å². The van der Waals surface area contributed by atoms with Crippen LogP contribution in [0.15, 0.2) is 0 Å². The zero-order chi connectivity index (χ0) is 21.0. The lowest BCUT2D eigenvalue weighted by Crippen LogP contribution is -2.37. The minimum Gasteiger partial charge on any atom is -0.383 e. The molecule has 0 amide bonds. The number of unbranched alkanes of at least 4 members (excludes halogenated alkanes) is 9. The van der Waals surface area contributed by atoms with Crippen LogP contribution in [0.1, 0.15) is 138 Å². The summed E-state index contributed by atoms with van der Waals surface area (Å²) < 4.78 is 18.5. The fraction of sp³-hybridized carbons (Fsp3) is 1.00. The van der Waals surface area contributed by atoms with Crippen LogP contribution in [-0.4, -0.2) is 25.6 Å². The molecular weight excluding hydrogens is 347 g/mol. The van der Waals surface area contributed by atoms with Gasteiger partial charge < -0.3 is 14.0 Å². The third-order valence-electron chi connectivity index (χ3n) is 5.42. The first-order valence-corrected chi connectivity index (χ1v) is 12.5. The number of hydrogen-bond donors (Lipinski definition) is 0. The average molecular weight is 398 g/mol. The molecule has 0 aliphatic carbocycles. The van der Waals surface area contributed by atoms with Crippen LogP contribution in [0.25, 0.3) is 0 Å². The maximum Gasteiger partial charge on any atom is 0.639 e. The molecule has 3 atom stereocenters. The van der Waals surface area contributed by atoms with Crippen LogP contribution >= 0.6 is 0 Å². The van der Waals surface area contributed by atoms with Crippen molar-refractivity contribution in [3.05, 3.63) is 0 Å². The Bertz CT molecular complexity index is 267. The van der Waals surface area contributed by atoms with Gasteiger partial charge in [-0.3, -0.25) is 0 Å². The normalized spacial score (nSPS) is 14.8. The Morgan fingerprint density at radius 3 is 1.00 bits per heavy atom. The molecule has 0 heterocycles. The van der Waals surface area contributed by atoms with Crippen molar-refractivity contribution in [3.63, 3.8) is 0 Å². The standard InChI is InChI=1S/C24H51BO3/c1-7-10-13-16-19-22(4)26-25(27-23(5)20-17-14-11-8-2)28-24(6)21-18-15-12-9-3/h22-24H,7-21H2,1-6H3/t22-,23-,24+/m0/s1. The monoisotopic (exact) mass is 398 g/mol. The second kappa shape index (κ2) is 20.2. The van der Waals surface area contributed by atoms with Crippen molar-refractivity contribution in [2.24, 2.45) is 0 Å². The molecule has 168 valence electrons. The molecule has 0 bridgehead atoms. The van der Waals surface area contributed by atoms with E-state index in [1.165, 1.54) is 77.0 Å². The Labute approximate surface area is 177 Å². The molecule has 0 fully saturated rings. The molecule has 0 aliphatic heterocycles. The predicted octanol–water partition coefficient (Wildman–Crippen LogP) is 8.10. The molecule has 0 radical (unpaired) electrons. The van der Waals surface area contributed by atoms with Gasteiger partial charge in [0.05, 0.1) is 0 Å². The van der Waals surface area contributed by atoms with Crippen LogP contribution in [-0.2, 0) is 14.0 Å². The molecule has 0 aromatic rings. The summed E-state index contributed by atoms with van der Waals surface area (Å²) in [4.78, 5) is 0. The molecule has 4 heteroatoms. The Morgan fingerprint density at radius 2 is 0.750 bits per heavy atom. The fourth-order valence-corrected chi connectivity index (χ4v) is 3.45. The average Bonchev–Trinajstić information content (AvgIpc) is 2.66. The van der Waals surface area contributed by atoms with E-state index in [0.717, 1.165) is 19.3 Å². The van der Waals surface area contributed by atoms with E-state index in [1.807, 2.05) is 0 Å². The first-order valence-electron chi connectivity index (χ1n) is 12.5. The highest BCUT2D eigenvalue weighted by Crippen LogP contribution is 2.16. The third kappa shape index (κ3) is 18.0. The molecule has 0 saturated heterocycles. The first kappa shape index (κ1) is 27.9. The lowest BCUT2D eigenvalue weighted by atomic mass is 10.1. The van der Waals surface area contributed by atoms with Gasteiger partial charge in [-0.1, -0.05) is 97.8 Å². The summed E-state index contributed by atoms with van der Waals surface area (Å²) in [5, 5.41) is 0. The van der Waals surface area contributed by atoms with E-state index in [9.17, 15) is 0 Å². The summed E-state index contributed by atoms with van der Waals surface area (Å²) in [7, 11) is -0.525. The van der Waals surface area contributed by atoms with E-state index in [-0.39, 0.29) is 18.3 Å². The van der Waals surface area contributed by atoms with E-state index in [0.29, 0.717) is 0 Å². The molecule has 0 saturated carbocycles. The smallest absolute Gasteiger partial charge is 0.383 e. The Kier molecular flexibility index (Phi) is 20.2. The van der Waals surface area contributed by atoms with Crippen molar-refractivity contribution in [1.82, 2.24) is 0 Å². The van der Waals surface area contributed by atoms with Crippen molar-refractivity contribution in [3.8, 4) is 0 Å². The van der Waals surface area contributed by atoms with Crippen LogP contribution in [0.2, 0.25) is 0 Å². The van der Waals surface area contributed by atoms with Crippen LogP contribution in [0.3, 0.4) is 0 Å². The largest absolute Gasteiger partial charge is 0.639 e. The van der Waals surface area contributed by atoms with Crippen molar-refractivity contribution < 1.29 is 14.0 Å². The van der Waals surface area contributed by atoms with Gasteiger partial charge in [-0.2, -0.15) is 0 Å². The van der Waals surface area contributed by atoms with Gasteiger partial charge in [0.1, 0.15) is 0 Å². The summed E-state index contributed by atoms with van der Waals surface area (Å²) in [6, 6.07) is 0. The van der Waals surface area contributed by atoms with E-state index >= 15 is 0 Å². The van der Waals surface area contributed by atoms with Crippen LogP contribution in [0.4, 0.5) is 0 Å². The van der Waals surface area contributed by atoms with Crippen LogP contribution in [0.5, 0.6) is 0 Å². The van der Waals surface area contributed by atoms with Crippen molar-refractivity contribution in [2.45, 2.75) is 156 Å².